The van der Waals surface area contributed by atoms with Gasteiger partial charge in [-0.05, 0) is 24.5 Å². The second-order valence-corrected chi connectivity index (χ2v) is 6.94. The van der Waals surface area contributed by atoms with E-state index in [1.807, 2.05) is 0 Å². The zero-order valence-electron chi connectivity index (χ0n) is 14.2. The van der Waals surface area contributed by atoms with Crippen molar-refractivity contribution < 1.29 is 9.53 Å². The Morgan fingerprint density at radius 1 is 1.33 bits per heavy atom. The summed E-state index contributed by atoms with van der Waals surface area (Å²) in [6.45, 7) is 2.27. The van der Waals surface area contributed by atoms with Crippen molar-refractivity contribution in [2.45, 2.75) is 24.5 Å². The summed E-state index contributed by atoms with van der Waals surface area (Å²) in [6, 6.07) is 8.21. The minimum atomic E-state index is -0.318. The summed E-state index contributed by atoms with van der Waals surface area (Å²) < 4.78 is 7.95. The summed E-state index contributed by atoms with van der Waals surface area (Å²) >= 11 is 0. The Balaban J connectivity index is 1.86. The fraction of sp³-hybridized carbons (Fsp3) is 0.500. The van der Waals surface area contributed by atoms with Crippen molar-refractivity contribution in [3.05, 3.63) is 35.5 Å². The average Bonchev–Trinajstić information content (AvgIpc) is 2.91. The molecule has 128 valence electrons. The van der Waals surface area contributed by atoms with Crippen LogP contribution in [0.1, 0.15) is 30.3 Å². The fourth-order valence-corrected chi connectivity index (χ4v) is 4.53. The number of aryl methyl sites for hydroxylation is 1. The van der Waals surface area contributed by atoms with Gasteiger partial charge in [0, 0.05) is 50.1 Å². The molecule has 0 bridgehead atoms. The molecule has 2 amide bonds. The third-order valence-corrected chi connectivity index (χ3v) is 5.82. The maximum absolute atomic E-state index is 11.5. The number of aromatic nitrogens is 1. The Kier molecular flexibility index (Phi) is 3.54. The van der Waals surface area contributed by atoms with Gasteiger partial charge in [0.05, 0.1) is 5.69 Å². The number of methoxy groups -OCH3 is 1. The summed E-state index contributed by atoms with van der Waals surface area (Å²) in [7, 11) is 3.85. The van der Waals surface area contributed by atoms with E-state index in [-0.39, 0.29) is 17.7 Å². The molecule has 2 aliphatic heterocycles. The lowest BCUT2D eigenvalue weighted by molar-refractivity contribution is 0.0417. The van der Waals surface area contributed by atoms with Crippen LogP contribution in [0.5, 0.6) is 0 Å². The molecule has 2 aliphatic rings. The maximum Gasteiger partial charge on any atom is 0.314 e. The number of carbonyl (C=O) groups excluding carboxylic acids is 1. The van der Waals surface area contributed by atoms with Gasteiger partial charge in [-0.3, -0.25) is 5.32 Å². The number of hydrogen-bond acceptors (Lipinski definition) is 3. The lowest BCUT2D eigenvalue weighted by atomic mass is 9.69. The van der Waals surface area contributed by atoms with Crippen molar-refractivity contribution in [2.24, 2.45) is 12.8 Å². The number of nitrogens with one attached hydrogen (secondary N) is 1. The number of nitrogens with zero attached hydrogens (tertiary/aromatic N) is 2. The van der Waals surface area contributed by atoms with Crippen LogP contribution in [0.15, 0.2) is 24.3 Å². The van der Waals surface area contributed by atoms with Gasteiger partial charge in [-0.15, -0.1) is 0 Å². The number of rotatable bonds is 1. The van der Waals surface area contributed by atoms with E-state index in [0.29, 0.717) is 13.1 Å². The van der Waals surface area contributed by atoms with Crippen molar-refractivity contribution in [2.75, 3.05) is 26.7 Å². The molecular formula is C18H24N4O2. The molecule has 1 aromatic heterocycles. The molecule has 4 rings (SSSR count). The first-order chi connectivity index (χ1) is 11.6. The van der Waals surface area contributed by atoms with E-state index in [2.05, 4.69) is 41.2 Å². The SMILES string of the molecule is COC1NCC2(CCN(C(N)=O)CC2)c2c1n(C)c1ccccc21. The van der Waals surface area contributed by atoms with Crippen LogP contribution in [0.2, 0.25) is 0 Å². The van der Waals surface area contributed by atoms with Gasteiger partial charge in [0.1, 0.15) is 6.23 Å². The van der Waals surface area contributed by atoms with E-state index in [9.17, 15) is 4.79 Å². The first kappa shape index (κ1) is 15.5. The van der Waals surface area contributed by atoms with Crippen molar-refractivity contribution in [3.63, 3.8) is 0 Å². The van der Waals surface area contributed by atoms with E-state index in [0.717, 1.165) is 19.4 Å². The summed E-state index contributed by atoms with van der Waals surface area (Å²) in [5.41, 5.74) is 9.31. The Bertz CT molecular complexity index is 790. The molecule has 1 fully saturated rings. The quantitative estimate of drug-likeness (QED) is 0.839. The van der Waals surface area contributed by atoms with Crippen LogP contribution in [0.25, 0.3) is 10.9 Å². The molecule has 6 heteroatoms. The van der Waals surface area contributed by atoms with Gasteiger partial charge in [-0.25, -0.2) is 4.79 Å². The molecule has 3 heterocycles. The largest absolute Gasteiger partial charge is 0.361 e. The molecule has 0 saturated carbocycles. The number of ether oxygens (including phenoxy) is 1. The molecule has 1 spiro atoms. The predicted molar refractivity (Wildman–Crippen MR) is 92.7 cm³/mol. The highest BCUT2D eigenvalue weighted by Crippen LogP contribution is 2.46. The molecule has 0 radical (unpaired) electrons. The number of urea groups is 1. The van der Waals surface area contributed by atoms with Crippen LogP contribution >= 0.6 is 0 Å². The summed E-state index contributed by atoms with van der Waals surface area (Å²) in [6.07, 6.45) is 1.73. The van der Waals surface area contributed by atoms with Crippen molar-refractivity contribution >= 4 is 16.9 Å². The van der Waals surface area contributed by atoms with Crippen molar-refractivity contribution in [1.29, 1.82) is 0 Å². The predicted octanol–water partition coefficient (Wildman–Crippen LogP) is 1.84. The average molecular weight is 328 g/mol. The minimum absolute atomic E-state index is 0.0250. The Morgan fingerprint density at radius 2 is 2.04 bits per heavy atom. The number of nitrogens with two attached hydrogens (primary N) is 1. The zero-order valence-corrected chi connectivity index (χ0v) is 14.2. The maximum atomic E-state index is 11.5. The molecule has 1 unspecified atom stereocenters. The van der Waals surface area contributed by atoms with E-state index >= 15 is 0 Å². The van der Waals surface area contributed by atoms with Crippen molar-refractivity contribution in [3.8, 4) is 0 Å². The van der Waals surface area contributed by atoms with Crippen LogP contribution in [0.3, 0.4) is 0 Å². The number of piperidine rings is 1. The Morgan fingerprint density at radius 3 is 2.71 bits per heavy atom. The second-order valence-electron chi connectivity index (χ2n) is 6.94. The third-order valence-electron chi connectivity index (χ3n) is 5.82. The highest BCUT2D eigenvalue weighted by atomic mass is 16.5. The summed E-state index contributed by atoms with van der Waals surface area (Å²) in [5, 5.41) is 4.85. The topological polar surface area (TPSA) is 72.5 Å². The van der Waals surface area contributed by atoms with Crippen LogP contribution in [0.4, 0.5) is 4.79 Å². The Labute approximate surface area is 141 Å². The fourth-order valence-electron chi connectivity index (χ4n) is 4.53. The van der Waals surface area contributed by atoms with E-state index in [1.165, 1.54) is 22.2 Å². The van der Waals surface area contributed by atoms with Crippen molar-refractivity contribution in [1.82, 2.24) is 14.8 Å². The minimum Gasteiger partial charge on any atom is -0.361 e. The molecule has 1 aromatic carbocycles. The standard InChI is InChI=1S/C18H24N4O2/c1-21-13-6-4-3-5-12(13)14-15(21)16(24-2)20-11-18(14)7-9-22(10-8-18)17(19)23/h3-6,16,20H,7-11H2,1-2H3,(H2,19,23). The number of fused-ring (bicyclic) bond motifs is 4. The first-order valence-electron chi connectivity index (χ1n) is 8.46. The molecule has 3 N–H and O–H groups in total. The third kappa shape index (κ3) is 2.06. The van der Waals surface area contributed by atoms with Gasteiger partial charge >= 0.3 is 6.03 Å². The molecule has 2 aromatic rings. The van der Waals surface area contributed by atoms with Gasteiger partial charge in [0.15, 0.2) is 0 Å². The number of carbonyl (C=O) groups is 1. The van der Waals surface area contributed by atoms with Crippen LogP contribution in [0, 0.1) is 0 Å². The molecule has 24 heavy (non-hydrogen) atoms. The summed E-state index contributed by atoms with van der Waals surface area (Å²) in [4.78, 5) is 13.2. The normalized spacial score (nSPS) is 22.8. The lowest BCUT2D eigenvalue weighted by Crippen LogP contribution is -2.54. The molecule has 1 saturated heterocycles. The lowest BCUT2D eigenvalue weighted by Gasteiger charge is -2.46. The zero-order chi connectivity index (χ0) is 16.9. The smallest absolute Gasteiger partial charge is 0.314 e. The molecular weight excluding hydrogens is 304 g/mol. The van der Waals surface area contributed by atoms with Gasteiger partial charge < -0.3 is 19.9 Å². The van der Waals surface area contributed by atoms with Crippen LogP contribution in [-0.2, 0) is 17.2 Å². The van der Waals surface area contributed by atoms with E-state index in [1.54, 1.807) is 12.0 Å². The van der Waals surface area contributed by atoms with E-state index in [4.69, 9.17) is 10.5 Å². The number of likely N-dealkylation sites (tertiary alicyclic amines) is 1. The molecule has 0 aliphatic carbocycles. The number of para-hydroxylation sites is 1. The summed E-state index contributed by atoms with van der Waals surface area (Å²) in [5.74, 6) is 0. The second kappa shape index (κ2) is 5.50. The first-order valence-corrected chi connectivity index (χ1v) is 8.46. The Hall–Kier alpha value is -2.05. The van der Waals surface area contributed by atoms with Gasteiger partial charge in [-0.2, -0.15) is 0 Å². The molecule has 1 atom stereocenters. The monoisotopic (exact) mass is 328 g/mol. The van der Waals surface area contributed by atoms with Gasteiger partial charge in [0.2, 0.25) is 0 Å². The molecule has 6 nitrogen and oxygen atoms in total. The van der Waals surface area contributed by atoms with E-state index < -0.39 is 0 Å². The number of primary amides is 1. The highest BCUT2D eigenvalue weighted by Gasteiger charge is 2.45. The number of amides is 2. The highest BCUT2D eigenvalue weighted by molar-refractivity contribution is 5.87. The number of hydrogen-bond donors (Lipinski definition) is 2. The number of benzene rings is 1. The van der Waals surface area contributed by atoms with Crippen LogP contribution < -0.4 is 11.1 Å². The van der Waals surface area contributed by atoms with Gasteiger partial charge in [0.25, 0.3) is 0 Å². The van der Waals surface area contributed by atoms with Gasteiger partial charge in [-0.1, -0.05) is 18.2 Å². The van der Waals surface area contributed by atoms with Crippen LogP contribution in [-0.4, -0.2) is 42.2 Å².